The molecular formula is C30H22F2N4O. The third-order valence-electron chi connectivity index (χ3n) is 7.93. The summed E-state index contributed by atoms with van der Waals surface area (Å²) in [7, 11) is 0. The van der Waals surface area contributed by atoms with Crippen molar-refractivity contribution in [2.75, 3.05) is 0 Å². The molecule has 182 valence electrons. The molecule has 5 nitrogen and oxygen atoms in total. The van der Waals surface area contributed by atoms with Gasteiger partial charge in [-0.05, 0) is 43.0 Å². The number of carbonyl (C=O) groups is 1. The van der Waals surface area contributed by atoms with Crippen molar-refractivity contribution in [1.29, 1.82) is 5.26 Å². The van der Waals surface area contributed by atoms with Gasteiger partial charge in [0.25, 0.3) is 0 Å². The fraction of sp³-hybridized carbons (Fsp3) is 0.233. The number of benzene rings is 2. The van der Waals surface area contributed by atoms with Gasteiger partial charge in [-0.1, -0.05) is 44.2 Å². The third kappa shape index (κ3) is 3.40. The Morgan fingerprint density at radius 3 is 2.59 bits per heavy atom. The van der Waals surface area contributed by atoms with Crippen LogP contribution in [0.1, 0.15) is 31.5 Å². The molecule has 3 atom stereocenters. The minimum atomic E-state index is -0.738. The molecule has 0 saturated heterocycles. The Balaban J connectivity index is 1.70. The highest BCUT2D eigenvalue weighted by Gasteiger charge is 2.49. The van der Waals surface area contributed by atoms with Crippen molar-refractivity contribution in [3.05, 3.63) is 89.3 Å². The summed E-state index contributed by atoms with van der Waals surface area (Å²) in [5, 5.41) is 10.3. The molecule has 0 fully saturated rings. The number of aromatic nitrogens is 3. The second-order valence-electron chi connectivity index (χ2n) is 9.95. The van der Waals surface area contributed by atoms with Crippen LogP contribution < -0.4 is 0 Å². The van der Waals surface area contributed by atoms with Crippen molar-refractivity contribution in [3.8, 4) is 28.7 Å². The first kappa shape index (κ1) is 23.1. The molecule has 0 spiro atoms. The van der Waals surface area contributed by atoms with E-state index < -0.39 is 17.0 Å². The molecule has 2 aliphatic carbocycles. The highest BCUT2D eigenvalue weighted by Crippen LogP contribution is 2.51. The van der Waals surface area contributed by atoms with E-state index >= 15 is 4.39 Å². The van der Waals surface area contributed by atoms with Gasteiger partial charge < -0.3 is 0 Å². The van der Waals surface area contributed by atoms with Gasteiger partial charge in [-0.25, -0.2) is 18.7 Å². The van der Waals surface area contributed by atoms with E-state index in [-0.39, 0.29) is 28.7 Å². The number of hydrogen-bond donors (Lipinski definition) is 0. The molecule has 0 radical (unpaired) electrons. The summed E-state index contributed by atoms with van der Waals surface area (Å²) in [4.78, 5) is 26.9. The number of Topliss-reactive ketones (excluding diaryl/α,β-unsaturated/α-hetero) is 1. The maximum atomic E-state index is 15.1. The van der Waals surface area contributed by atoms with Gasteiger partial charge in [-0.15, -0.1) is 0 Å². The number of nitrogens with zero attached hydrogens (tertiary/aromatic N) is 4. The molecule has 0 amide bonds. The molecule has 2 aliphatic rings. The molecule has 2 heterocycles. The molecular weight excluding hydrogens is 470 g/mol. The number of pyridine rings is 1. The number of nitriles is 1. The number of fused-ring (bicyclic) bond motifs is 4. The first-order valence-electron chi connectivity index (χ1n) is 12.2. The lowest BCUT2D eigenvalue weighted by Gasteiger charge is -2.45. The van der Waals surface area contributed by atoms with Crippen LogP contribution in [0.25, 0.3) is 33.5 Å². The minimum absolute atomic E-state index is 0.0764. The lowest BCUT2D eigenvalue weighted by molar-refractivity contribution is -0.121. The van der Waals surface area contributed by atoms with E-state index in [2.05, 4.69) is 11.1 Å². The molecule has 7 heteroatoms. The highest BCUT2D eigenvalue weighted by atomic mass is 19.1. The van der Waals surface area contributed by atoms with Crippen LogP contribution in [-0.4, -0.2) is 20.7 Å². The lowest BCUT2D eigenvalue weighted by Crippen LogP contribution is -2.46. The zero-order valence-electron chi connectivity index (χ0n) is 20.3. The molecule has 2 aromatic heterocycles. The Morgan fingerprint density at radius 2 is 1.81 bits per heavy atom. The van der Waals surface area contributed by atoms with E-state index in [4.69, 9.17) is 9.97 Å². The van der Waals surface area contributed by atoms with Crippen molar-refractivity contribution in [3.63, 3.8) is 0 Å². The smallest absolute Gasteiger partial charge is 0.176 e. The molecule has 37 heavy (non-hydrogen) atoms. The van der Waals surface area contributed by atoms with E-state index in [0.29, 0.717) is 46.6 Å². The van der Waals surface area contributed by atoms with Crippen LogP contribution in [0.5, 0.6) is 0 Å². The van der Waals surface area contributed by atoms with Crippen LogP contribution in [0.2, 0.25) is 0 Å². The summed E-state index contributed by atoms with van der Waals surface area (Å²) in [5.74, 6) is -1.15. The average molecular weight is 493 g/mol. The standard InChI is InChI=1S/C30H22F2N4O/c1-16-22-11-10-21-25(20-6-3-4-8-23(20)31)35-29(19-12-13-34-26-18(19)7-5-9-24(26)32)36-28(21)30(22,2)14-17(15-33)27(16)37/h3-9,12-14,16,22H,10-11H2,1-2H3/t16-,22-,30-/m1/s1. The molecule has 4 aromatic rings. The average Bonchev–Trinajstić information content (AvgIpc) is 2.90. The normalized spacial score (nSPS) is 22.7. The van der Waals surface area contributed by atoms with Crippen LogP contribution in [0, 0.1) is 34.8 Å². The number of hydrogen-bond acceptors (Lipinski definition) is 5. The van der Waals surface area contributed by atoms with Crippen LogP contribution in [-0.2, 0) is 16.6 Å². The molecule has 0 bridgehead atoms. The Morgan fingerprint density at radius 1 is 1.03 bits per heavy atom. The van der Waals surface area contributed by atoms with Crippen molar-refractivity contribution < 1.29 is 13.6 Å². The first-order valence-corrected chi connectivity index (χ1v) is 12.2. The fourth-order valence-electron chi connectivity index (χ4n) is 6.10. The Bertz CT molecular complexity index is 1690. The summed E-state index contributed by atoms with van der Waals surface area (Å²) >= 11 is 0. The topological polar surface area (TPSA) is 79.5 Å². The maximum Gasteiger partial charge on any atom is 0.176 e. The summed E-state index contributed by atoms with van der Waals surface area (Å²) in [6, 6.07) is 14.9. The lowest BCUT2D eigenvalue weighted by atomic mass is 9.57. The van der Waals surface area contributed by atoms with E-state index in [0.717, 1.165) is 5.56 Å². The van der Waals surface area contributed by atoms with Crippen LogP contribution in [0.3, 0.4) is 0 Å². The third-order valence-corrected chi connectivity index (χ3v) is 7.93. The predicted octanol–water partition coefficient (Wildman–Crippen LogP) is 6.13. The molecule has 0 saturated carbocycles. The molecule has 0 unspecified atom stereocenters. The summed E-state index contributed by atoms with van der Waals surface area (Å²) in [6.45, 7) is 3.85. The molecule has 6 rings (SSSR count). The number of para-hydroxylation sites is 1. The summed E-state index contributed by atoms with van der Waals surface area (Å²) in [6.07, 6.45) is 4.48. The van der Waals surface area contributed by atoms with Crippen molar-refractivity contribution in [2.45, 2.75) is 32.1 Å². The van der Waals surface area contributed by atoms with Gasteiger partial charge >= 0.3 is 0 Å². The fourth-order valence-corrected chi connectivity index (χ4v) is 6.10. The van der Waals surface area contributed by atoms with E-state index in [1.54, 1.807) is 42.5 Å². The van der Waals surface area contributed by atoms with Gasteiger partial charge in [0.2, 0.25) is 0 Å². The van der Waals surface area contributed by atoms with E-state index in [1.807, 2.05) is 13.8 Å². The Kier molecular flexibility index (Phi) is 5.23. The van der Waals surface area contributed by atoms with Crippen LogP contribution in [0.4, 0.5) is 8.78 Å². The molecule has 0 N–H and O–H groups in total. The minimum Gasteiger partial charge on any atom is -0.293 e. The quantitative estimate of drug-likeness (QED) is 0.337. The number of rotatable bonds is 2. The summed E-state index contributed by atoms with van der Waals surface area (Å²) in [5.41, 5.74) is 2.42. The SMILES string of the molecule is C[C@H]1C(=O)C(C#N)=C[C@@]2(C)c3nc(-c4ccnc5c(F)cccc45)nc(-c4ccccc4F)c3CC[C@H]12. The van der Waals surface area contributed by atoms with Gasteiger partial charge in [0.1, 0.15) is 23.2 Å². The van der Waals surface area contributed by atoms with Crippen molar-refractivity contribution in [2.24, 2.45) is 11.8 Å². The van der Waals surface area contributed by atoms with E-state index in [1.165, 1.54) is 18.3 Å². The summed E-state index contributed by atoms with van der Waals surface area (Å²) < 4.78 is 29.7. The number of halogens is 2. The maximum absolute atomic E-state index is 15.1. The van der Waals surface area contributed by atoms with Gasteiger partial charge in [0, 0.05) is 39.6 Å². The second-order valence-corrected chi connectivity index (χ2v) is 9.95. The van der Waals surface area contributed by atoms with Gasteiger partial charge in [0.05, 0.1) is 17.0 Å². The monoisotopic (exact) mass is 492 g/mol. The number of carbonyl (C=O) groups excluding carboxylic acids is 1. The van der Waals surface area contributed by atoms with Gasteiger partial charge in [-0.2, -0.15) is 5.26 Å². The number of ketones is 1. The largest absolute Gasteiger partial charge is 0.293 e. The molecule has 2 aromatic carbocycles. The second kappa shape index (κ2) is 8.38. The zero-order chi connectivity index (χ0) is 25.9. The predicted molar refractivity (Wildman–Crippen MR) is 135 cm³/mol. The number of allylic oxidation sites excluding steroid dienone is 2. The Hall–Kier alpha value is -4.31. The van der Waals surface area contributed by atoms with Crippen molar-refractivity contribution in [1.82, 2.24) is 15.0 Å². The van der Waals surface area contributed by atoms with Gasteiger partial charge in [0.15, 0.2) is 11.6 Å². The highest BCUT2D eigenvalue weighted by molar-refractivity contribution is 6.02. The molecule has 0 aliphatic heterocycles. The zero-order valence-corrected chi connectivity index (χ0v) is 20.3. The van der Waals surface area contributed by atoms with Crippen LogP contribution in [0.15, 0.2) is 66.4 Å². The van der Waals surface area contributed by atoms with Gasteiger partial charge in [-0.3, -0.25) is 9.78 Å². The Labute approximate surface area is 212 Å². The van der Waals surface area contributed by atoms with Crippen molar-refractivity contribution >= 4 is 16.7 Å². The first-order chi connectivity index (χ1) is 17.8. The van der Waals surface area contributed by atoms with E-state index in [9.17, 15) is 14.4 Å². The van der Waals surface area contributed by atoms with Crippen LogP contribution >= 0.6 is 0 Å².